The van der Waals surface area contributed by atoms with Crippen molar-refractivity contribution in [3.05, 3.63) is 47.5 Å². The molecule has 0 bridgehead atoms. The molecule has 2 N–H and O–H groups in total. The molecule has 0 aliphatic heterocycles. The number of carbonyl (C=O) groups is 2. The molecule has 7 nitrogen and oxygen atoms in total. The van der Waals surface area contributed by atoms with Crippen LogP contribution in [0.4, 0.5) is 4.39 Å². The minimum atomic E-state index is -1.33. The maximum absolute atomic E-state index is 13.7. The van der Waals surface area contributed by atoms with E-state index in [1.807, 2.05) is 0 Å². The monoisotopic (exact) mass is 335 g/mol. The molecule has 1 atom stereocenters. The average Bonchev–Trinajstić information content (AvgIpc) is 2.95. The summed E-state index contributed by atoms with van der Waals surface area (Å²) in [6.07, 6.45) is 3.96. The van der Waals surface area contributed by atoms with Crippen LogP contribution in [-0.4, -0.2) is 33.9 Å². The van der Waals surface area contributed by atoms with E-state index in [0.29, 0.717) is 6.42 Å². The number of hydrogen-bond acceptors (Lipinski definition) is 4. The Morgan fingerprint density at radius 2 is 2.21 bits per heavy atom. The minimum absolute atomic E-state index is 0.00536. The fourth-order valence-corrected chi connectivity index (χ4v) is 2.24. The Morgan fingerprint density at radius 1 is 1.46 bits per heavy atom. The number of nitrogens with one attached hydrogen (secondary N) is 1. The molecule has 0 aliphatic rings. The van der Waals surface area contributed by atoms with E-state index in [9.17, 15) is 19.1 Å². The van der Waals surface area contributed by atoms with Crippen molar-refractivity contribution in [1.82, 2.24) is 15.1 Å². The normalized spacial score (nSPS) is 11.8. The molecule has 0 fully saturated rings. The molecule has 128 valence electrons. The van der Waals surface area contributed by atoms with Crippen LogP contribution in [0, 0.1) is 5.82 Å². The van der Waals surface area contributed by atoms with Crippen LogP contribution in [-0.2, 0) is 23.1 Å². The number of halogens is 1. The molecule has 0 aliphatic carbocycles. The van der Waals surface area contributed by atoms with Crippen molar-refractivity contribution < 1.29 is 23.8 Å². The van der Waals surface area contributed by atoms with Gasteiger partial charge >= 0.3 is 5.97 Å². The number of carboxylic acid groups (broad SMARTS) is 1. The van der Waals surface area contributed by atoms with Crippen LogP contribution in [0.3, 0.4) is 0 Å². The van der Waals surface area contributed by atoms with Crippen LogP contribution in [0.15, 0.2) is 30.6 Å². The van der Waals surface area contributed by atoms with Gasteiger partial charge in [0.25, 0.3) is 0 Å². The van der Waals surface area contributed by atoms with Crippen molar-refractivity contribution in [3.8, 4) is 5.75 Å². The number of nitrogens with zero attached hydrogens (tertiary/aromatic N) is 2. The first-order valence-corrected chi connectivity index (χ1v) is 7.24. The van der Waals surface area contributed by atoms with Crippen LogP contribution in [0.25, 0.3) is 0 Å². The number of carbonyl (C=O) groups excluding carboxylic acids is 1. The third-order valence-corrected chi connectivity index (χ3v) is 3.46. The highest BCUT2D eigenvalue weighted by Gasteiger charge is 2.23. The van der Waals surface area contributed by atoms with E-state index in [4.69, 9.17) is 4.74 Å². The molecule has 2 aromatic rings. The summed E-state index contributed by atoms with van der Waals surface area (Å²) in [4.78, 5) is 23.4. The fourth-order valence-electron chi connectivity index (χ4n) is 2.24. The summed E-state index contributed by atoms with van der Waals surface area (Å²) in [5.41, 5.74) is 1.01. The zero-order valence-corrected chi connectivity index (χ0v) is 13.3. The van der Waals surface area contributed by atoms with Gasteiger partial charge in [-0.3, -0.25) is 9.48 Å². The molecule has 0 saturated heterocycles. The molecular formula is C16H18FN3O4. The molecule has 2 rings (SSSR count). The van der Waals surface area contributed by atoms with Gasteiger partial charge in [-0.2, -0.15) is 5.10 Å². The number of rotatable bonds is 7. The number of benzene rings is 1. The Labute approximate surface area is 138 Å². The second-order valence-corrected chi connectivity index (χ2v) is 5.26. The number of hydrogen-bond donors (Lipinski definition) is 2. The molecular weight excluding hydrogens is 317 g/mol. The maximum Gasteiger partial charge on any atom is 0.330 e. The van der Waals surface area contributed by atoms with E-state index < -0.39 is 23.7 Å². The molecule has 0 saturated carbocycles. The first-order valence-electron chi connectivity index (χ1n) is 7.24. The van der Waals surface area contributed by atoms with E-state index in [0.717, 1.165) is 11.6 Å². The van der Waals surface area contributed by atoms with E-state index in [-0.39, 0.29) is 17.7 Å². The van der Waals surface area contributed by atoms with E-state index in [2.05, 4.69) is 10.4 Å². The lowest BCUT2D eigenvalue weighted by Gasteiger charge is -2.15. The number of carboxylic acids is 1. The SMILES string of the molecule is COc1ccc(C(NC(=O)CCc2cnn(C)c2)C(=O)O)cc1F. The Kier molecular flexibility index (Phi) is 5.51. The summed E-state index contributed by atoms with van der Waals surface area (Å²) in [5, 5.41) is 15.7. The third-order valence-electron chi connectivity index (χ3n) is 3.46. The van der Waals surface area contributed by atoms with E-state index in [1.54, 1.807) is 24.1 Å². The molecule has 0 radical (unpaired) electrons. The average molecular weight is 335 g/mol. The summed E-state index contributed by atoms with van der Waals surface area (Å²) in [7, 11) is 3.08. The number of amides is 1. The predicted molar refractivity (Wildman–Crippen MR) is 83.0 cm³/mol. The van der Waals surface area contributed by atoms with Gasteiger partial charge in [0.1, 0.15) is 0 Å². The standard InChI is InChI=1S/C16H18FN3O4/c1-20-9-10(8-18-20)3-6-14(21)19-15(16(22)23)11-4-5-13(24-2)12(17)7-11/h4-5,7-9,15H,3,6H2,1-2H3,(H,19,21)(H,22,23). The van der Waals surface area contributed by atoms with Gasteiger partial charge in [0.15, 0.2) is 17.6 Å². The van der Waals surface area contributed by atoms with E-state index >= 15 is 0 Å². The van der Waals surface area contributed by atoms with Gasteiger partial charge in [0.2, 0.25) is 5.91 Å². The molecule has 1 aromatic carbocycles. The number of aromatic nitrogens is 2. The molecule has 1 aromatic heterocycles. The Morgan fingerprint density at radius 3 is 2.75 bits per heavy atom. The quantitative estimate of drug-likeness (QED) is 0.799. The second-order valence-electron chi connectivity index (χ2n) is 5.26. The predicted octanol–water partition coefficient (Wildman–Crippen LogP) is 1.44. The zero-order valence-electron chi connectivity index (χ0n) is 13.3. The topological polar surface area (TPSA) is 93.5 Å². The van der Waals surface area contributed by atoms with Crippen LogP contribution < -0.4 is 10.1 Å². The number of aliphatic carboxylic acids is 1. The van der Waals surface area contributed by atoms with Gasteiger partial charge in [-0.25, -0.2) is 9.18 Å². The highest BCUT2D eigenvalue weighted by molar-refractivity contribution is 5.84. The van der Waals surface area contributed by atoms with Crippen LogP contribution >= 0.6 is 0 Å². The molecule has 1 amide bonds. The molecule has 0 spiro atoms. The third kappa shape index (κ3) is 4.31. The molecule has 1 heterocycles. The number of aryl methyl sites for hydroxylation is 2. The summed E-state index contributed by atoms with van der Waals surface area (Å²) >= 11 is 0. The number of methoxy groups -OCH3 is 1. The van der Waals surface area contributed by atoms with Gasteiger partial charge in [0, 0.05) is 19.7 Å². The van der Waals surface area contributed by atoms with Crippen LogP contribution in [0.2, 0.25) is 0 Å². The molecule has 24 heavy (non-hydrogen) atoms. The second kappa shape index (κ2) is 7.58. The summed E-state index contributed by atoms with van der Waals surface area (Å²) < 4.78 is 20.2. The lowest BCUT2D eigenvalue weighted by molar-refractivity contribution is -0.142. The summed E-state index contributed by atoms with van der Waals surface area (Å²) in [5.74, 6) is -2.39. The highest BCUT2D eigenvalue weighted by atomic mass is 19.1. The summed E-state index contributed by atoms with van der Waals surface area (Å²) in [6.45, 7) is 0. The zero-order chi connectivity index (χ0) is 17.7. The Balaban J connectivity index is 2.03. The van der Waals surface area contributed by atoms with Crippen LogP contribution in [0.1, 0.15) is 23.6 Å². The minimum Gasteiger partial charge on any atom is -0.494 e. The first kappa shape index (κ1) is 17.5. The van der Waals surface area contributed by atoms with Crippen molar-refractivity contribution in [2.24, 2.45) is 7.05 Å². The lowest BCUT2D eigenvalue weighted by Crippen LogP contribution is -2.33. The van der Waals surface area contributed by atoms with Crippen LogP contribution in [0.5, 0.6) is 5.75 Å². The molecule has 1 unspecified atom stereocenters. The van der Waals surface area contributed by atoms with Gasteiger partial charge in [-0.05, 0) is 29.7 Å². The first-order chi connectivity index (χ1) is 11.4. The smallest absolute Gasteiger partial charge is 0.330 e. The molecule has 8 heteroatoms. The van der Waals surface area contributed by atoms with Gasteiger partial charge in [-0.15, -0.1) is 0 Å². The Bertz CT molecular complexity index is 745. The van der Waals surface area contributed by atoms with Gasteiger partial charge in [-0.1, -0.05) is 6.07 Å². The maximum atomic E-state index is 13.7. The van der Waals surface area contributed by atoms with Gasteiger partial charge < -0.3 is 15.2 Å². The summed E-state index contributed by atoms with van der Waals surface area (Å²) in [6, 6.07) is 2.44. The van der Waals surface area contributed by atoms with Crippen molar-refractivity contribution in [1.29, 1.82) is 0 Å². The van der Waals surface area contributed by atoms with Gasteiger partial charge in [0.05, 0.1) is 13.3 Å². The van der Waals surface area contributed by atoms with Crippen molar-refractivity contribution in [3.63, 3.8) is 0 Å². The van der Waals surface area contributed by atoms with Crippen molar-refractivity contribution in [2.75, 3.05) is 7.11 Å². The van der Waals surface area contributed by atoms with E-state index in [1.165, 1.54) is 19.2 Å². The lowest BCUT2D eigenvalue weighted by atomic mass is 10.1. The highest BCUT2D eigenvalue weighted by Crippen LogP contribution is 2.22. The Hall–Kier alpha value is -2.90. The van der Waals surface area contributed by atoms with Crippen molar-refractivity contribution >= 4 is 11.9 Å². The van der Waals surface area contributed by atoms with Crippen molar-refractivity contribution in [2.45, 2.75) is 18.9 Å². The number of ether oxygens (including phenoxy) is 1. The largest absolute Gasteiger partial charge is 0.494 e. The fraction of sp³-hybridized carbons (Fsp3) is 0.312.